The molecule has 0 fully saturated rings. The summed E-state index contributed by atoms with van der Waals surface area (Å²) in [6.07, 6.45) is 6.31. The number of halogens is 1. The lowest BCUT2D eigenvalue weighted by Gasteiger charge is -2.16. The van der Waals surface area contributed by atoms with Crippen LogP contribution < -0.4 is 10.6 Å². The molecule has 0 atom stereocenters. The zero-order chi connectivity index (χ0) is 20.2. The van der Waals surface area contributed by atoms with Gasteiger partial charge in [-0.15, -0.1) is 35.3 Å². The maximum atomic E-state index is 12.3. The summed E-state index contributed by atoms with van der Waals surface area (Å²) >= 11 is 1.75. The first-order valence-corrected chi connectivity index (χ1v) is 10.5. The van der Waals surface area contributed by atoms with Gasteiger partial charge >= 0.3 is 0 Å². The average Bonchev–Trinajstić information content (AvgIpc) is 3.18. The van der Waals surface area contributed by atoms with Crippen LogP contribution in [0.2, 0.25) is 0 Å². The Bertz CT molecular complexity index is 752. The number of carbonyl (C=O) groups excluding carboxylic acids is 1. The molecule has 160 valence electrons. The second kappa shape index (κ2) is 14.3. The largest absolute Gasteiger partial charge is 0.357 e. The van der Waals surface area contributed by atoms with Gasteiger partial charge in [0.25, 0.3) is 0 Å². The quantitative estimate of drug-likeness (QED) is 0.280. The zero-order valence-corrected chi connectivity index (χ0v) is 20.5. The third-order valence-corrected chi connectivity index (χ3v) is 5.35. The molecule has 2 rings (SSSR count). The van der Waals surface area contributed by atoms with Crippen LogP contribution in [0.25, 0.3) is 0 Å². The Morgan fingerprint density at radius 2 is 2.03 bits per heavy atom. The smallest absolute Gasteiger partial charge is 0.244 e. The summed E-state index contributed by atoms with van der Waals surface area (Å²) in [4.78, 5) is 28.5. The van der Waals surface area contributed by atoms with Gasteiger partial charge in [0.1, 0.15) is 6.54 Å². The molecule has 2 aromatic rings. The number of amides is 1. The molecule has 2 heterocycles. The van der Waals surface area contributed by atoms with Crippen LogP contribution in [-0.4, -0.2) is 60.0 Å². The van der Waals surface area contributed by atoms with E-state index in [0.29, 0.717) is 12.5 Å². The van der Waals surface area contributed by atoms with Crippen LogP contribution in [0, 0.1) is 0 Å². The van der Waals surface area contributed by atoms with Gasteiger partial charge in [0, 0.05) is 62.5 Å². The average molecular weight is 530 g/mol. The summed E-state index contributed by atoms with van der Waals surface area (Å²) < 4.78 is 0. The molecular formula is C20H31IN6OS. The Kier molecular flexibility index (Phi) is 12.4. The predicted molar refractivity (Wildman–Crippen MR) is 130 cm³/mol. The van der Waals surface area contributed by atoms with Crippen molar-refractivity contribution in [3.05, 3.63) is 46.2 Å². The topological polar surface area (TPSA) is 82.5 Å². The maximum absolute atomic E-state index is 12.3. The highest BCUT2D eigenvalue weighted by atomic mass is 127. The molecule has 29 heavy (non-hydrogen) atoms. The minimum absolute atomic E-state index is 0. The Balaban J connectivity index is 0.00000420. The van der Waals surface area contributed by atoms with Crippen LogP contribution in [0.15, 0.2) is 35.6 Å². The van der Waals surface area contributed by atoms with Crippen molar-refractivity contribution in [3.8, 4) is 0 Å². The number of aryl methyl sites for hydroxylation is 1. The van der Waals surface area contributed by atoms with Crippen LogP contribution in [0.1, 0.15) is 29.4 Å². The normalized spacial score (nSPS) is 10.9. The minimum atomic E-state index is -0.0133. The molecule has 0 aromatic carbocycles. The number of nitrogens with one attached hydrogen (secondary N) is 2. The SMILES string of the molecule is CCNC(=NCC(=O)N(C)CCc1ccccn1)NCCc1ncc(CC)s1.I. The van der Waals surface area contributed by atoms with Gasteiger partial charge in [0.05, 0.1) is 5.01 Å². The highest BCUT2D eigenvalue weighted by Gasteiger charge is 2.09. The van der Waals surface area contributed by atoms with Crippen molar-refractivity contribution in [1.29, 1.82) is 0 Å². The summed E-state index contributed by atoms with van der Waals surface area (Å²) in [6, 6.07) is 5.81. The lowest BCUT2D eigenvalue weighted by molar-refractivity contribution is -0.128. The highest BCUT2D eigenvalue weighted by molar-refractivity contribution is 14.0. The number of aromatic nitrogens is 2. The summed E-state index contributed by atoms with van der Waals surface area (Å²) in [7, 11) is 1.80. The third kappa shape index (κ3) is 9.53. The molecule has 7 nitrogen and oxygen atoms in total. The number of pyridine rings is 1. The van der Waals surface area contributed by atoms with E-state index in [0.717, 1.165) is 43.1 Å². The van der Waals surface area contributed by atoms with Crippen molar-refractivity contribution in [1.82, 2.24) is 25.5 Å². The van der Waals surface area contributed by atoms with Crippen LogP contribution in [0.3, 0.4) is 0 Å². The van der Waals surface area contributed by atoms with E-state index in [1.807, 2.05) is 31.3 Å². The van der Waals surface area contributed by atoms with Crippen molar-refractivity contribution >= 4 is 47.2 Å². The first-order chi connectivity index (χ1) is 13.6. The predicted octanol–water partition coefficient (Wildman–Crippen LogP) is 2.52. The Labute approximate surface area is 194 Å². The number of likely N-dealkylation sites (N-methyl/N-ethyl adjacent to an activating group) is 1. The zero-order valence-electron chi connectivity index (χ0n) is 17.4. The summed E-state index contributed by atoms with van der Waals surface area (Å²) in [5, 5.41) is 7.57. The van der Waals surface area contributed by atoms with E-state index < -0.39 is 0 Å². The number of carbonyl (C=O) groups is 1. The van der Waals surface area contributed by atoms with Gasteiger partial charge in [-0.2, -0.15) is 0 Å². The monoisotopic (exact) mass is 530 g/mol. The summed E-state index contributed by atoms with van der Waals surface area (Å²) in [6.45, 7) is 6.35. The first-order valence-electron chi connectivity index (χ1n) is 9.72. The molecule has 0 aliphatic carbocycles. The molecule has 0 radical (unpaired) electrons. The fourth-order valence-corrected chi connectivity index (χ4v) is 3.34. The van der Waals surface area contributed by atoms with E-state index in [1.54, 1.807) is 29.5 Å². The van der Waals surface area contributed by atoms with Crippen molar-refractivity contribution in [2.24, 2.45) is 4.99 Å². The van der Waals surface area contributed by atoms with Gasteiger partial charge in [-0.3, -0.25) is 9.78 Å². The number of guanidine groups is 1. The maximum Gasteiger partial charge on any atom is 0.244 e. The summed E-state index contributed by atoms with van der Waals surface area (Å²) in [5.74, 6) is 0.641. The van der Waals surface area contributed by atoms with Gasteiger partial charge in [0.15, 0.2) is 5.96 Å². The molecule has 0 saturated heterocycles. The van der Waals surface area contributed by atoms with E-state index in [4.69, 9.17) is 0 Å². The number of nitrogens with zero attached hydrogens (tertiary/aromatic N) is 4. The number of hydrogen-bond donors (Lipinski definition) is 2. The van der Waals surface area contributed by atoms with E-state index in [9.17, 15) is 4.79 Å². The standard InChI is InChI=1S/C20H30N6OS.HI/c1-4-17-14-24-18(28-17)9-12-23-20(21-5-2)25-15-19(27)26(3)13-10-16-8-6-7-11-22-16;/h6-8,11,14H,4-5,9-10,12-13,15H2,1-3H3,(H2,21,23,25);1H. The van der Waals surface area contributed by atoms with Gasteiger partial charge in [0.2, 0.25) is 5.91 Å². The third-order valence-electron chi connectivity index (χ3n) is 4.15. The van der Waals surface area contributed by atoms with E-state index >= 15 is 0 Å². The van der Waals surface area contributed by atoms with Crippen LogP contribution >= 0.6 is 35.3 Å². The molecule has 0 bridgehead atoms. The highest BCUT2D eigenvalue weighted by Crippen LogP contribution is 2.13. The molecule has 0 aliphatic rings. The van der Waals surface area contributed by atoms with Crippen molar-refractivity contribution in [3.63, 3.8) is 0 Å². The molecule has 0 saturated carbocycles. The lowest BCUT2D eigenvalue weighted by Crippen LogP contribution is -2.39. The van der Waals surface area contributed by atoms with E-state index in [1.165, 1.54) is 4.88 Å². The second-order valence-electron chi connectivity index (χ2n) is 6.33. The van der Waals surface area contributed by atoms with Crippen LogP contribution in [-0.2, 0) is 24.1 Å². The molecule has 0 unspecified atom stereocenters. The van der Waals surface area contributed by atoms with Gasteiger partial charge in [-0.25, -0.2) is 9.98 Å². The molecule has 0 spiro atoms. The van der Waals surface area contributed by atoms with Crippen LogP contribution in [0.5, 0.6) is 0 Å². The molecule has 1 amide bonds. The number of rotatable bonds is 10. The van der Waals surface area contributed by atoms with E-state index in [-0.39, 0.29) is 36.4 Å². The summed E-state index contributed by atoms with van der Waals surface area (Å²) in [5.41, 5.74) is 0.981. The van der Waals surface area contributed by atoms with Gasteiger partial charge in [-0.1, -0.05) is 13.0 Å². The van der Waals surface area contributed by atoms with Crippen LogP contribution in [0.4, 0.5) is 0 Å². The van der Waals surface area contributed by atoms with Gasteiger partial charge < -0.3 is 15.5 Å². The van der Waals surface area contributed by atoms with Gasteiger partial charge in [-0.05, 0) is 25.5 Å². The van der Waals surface area contributed by atoms with E-state index in [2.05, 4.69) is 32.5 Å². The number of aliphatic imine (C=N–C) groups is 1. The Morgan fingerprint density at radius 3 is 2.69 bits per heavy atom. The Hall–Kier alpha value is -1.75. The second-order valence-corrected chi connectivity index (χ2v) is 7.53. The van der Waals surface area contributed by atoms with Crippen molar-refractivity contribution in [2.75, 3.05) is 33.2 Å². The molecule has 2 aromatic heterocycles. The molecule has 2 N–H and O–H groups in total. The molecular weight excluding hydrogens is 499 g/mol. The molecule has 0 aliphatic heterocycles. The van der Waals surface area contributed by atoms with Crippen molar-refractivity contribution in [2.45, 2.75) is 33.1 Å². The lowest BCUT2D eigenvalue weighted by atomic mass is 10.2. The fraction of sp³-hybridized carbons (Fsp3) is 0.500. The number of hydrogen-bond acceptors (Lipinski definition) is 5. The number of thiazole rings is 1. The molecule has 9 heteroatoms. The fourth-order valence-electron chi connectivity index (χ4n) is 2.48. The minimum Gasteiger partial charge on any atom is -0.357 e. The Morgan fingerprint density at radius 1 is 1.21 bits per heavy atom. The first kappa shape index (κ1) is 25.3. The van der Waals surface area contributed by atoms with Crippen molar-refractivity contribution < 1.29 is 4.79 Å².